The van der Waals surface area contributed by atoms with E-state index in [1.807, 2.05) is 6.92 Å². The molecule has 0 spiro atoms. The zero-order valence-corrected chi connectivity index (χ0v) is 10.0. The van der Waals surface area contributed by atoms with Gasteiger partial charge in [-0.05, 0) is 23.9 Å². The molecule has 0 aliphatic heterocycles. The van der Waals surface area contributed by atoms with E-state index in [0.29, 0.717) is 16.4 Å². The third-order valence-electron chi connectivity index (χ3n) is 2.30. The lowest BCUT2D eigenvalue weighted by Crippen LogP contribution is -2.06. The van der Waals surface area contributed by atoms with Gasteiger partial charge >= 0.3 is 5.97 Å². The average Bonchev–Trinajstić information content (AvgIpc) is 2.80. The Morgan fingerprint density at radius 1 is 1.69 bits per heavy atom. The van der Waals surface area contributed by atoms with E-state index in [0.717, 1.165) is 11.3 Å². The number of thiophene rings is 1. The van der Waals surface area contributed by atoms with Crippen molar-refractivity contribution in [1.29, 1.82) is 0 Å². The lowest BCUT2D eigenvalue weighted by molar-refractivity contribution is 0.0701. The fourth-order valence-electron chi connectivity index (χ4n) is 1.39. The highest BCUT2D eigenvalue weighted by molar-refractivity contribution is 7.12. The first kappa shape index (κ1) is 11.2. The van der Waals surface area contributed by atoms with E-state index < -0.39 is 5.97 Å². The Morgan fingerprint density at radius 3 is 3.00 bits per heavy atom. The van der Waals surface area contributed by atoms with Gasteiger partial charge in [-0.3, -0.25) is 4.68 Å². The van der Waals surface area contributed by atoms with Crippen LogP contribution in [-0.4, -0.2) is 20.9 Å². The predicted octanol–water partition coefficient (Wildman–Crippen LogP) is 2.65. The number of hydrogen-bond donors (Lipinski definition) is 1. The van der Waals surface area contributed by atoms with E-state index in [1.165, 1.54) is 11.3 Å². The molecule has 0 bridgehead atoms. The first-order valence-electron chi connectivity index (χ1n) is 4.57. The summed E-state index contributed by atoms with van der Waals surface area (Å²) in [6, 6.07) is 1.79. The van der Waals surface area contributed by atoms with Gasteiger partial charge in [0.05, 0.1) is 23.5 Å². The molecule has 0 aliphatic rings. The number of aromatic nitrogens is 2. The molecule has 0 radical (unpaired) electrons. The Kier molecular flexibility index (Phi) is 2.98. The summed E-state index contributed by atoms with van der Waals surface area (Å²) in [5.41, 5.74) is 1.59. The molecule has 2 aromatic rings. The van der Waals surface area contributed by atoms with Crippen molar-refractivity contribution >= 4 is 28.9 Å². The third kappa shape index (κ3) is 1.96. The number of carboxylic acid groups (broad SMARTS) is 1. The van der Waals surface area contributed by atoms with E-state index in [1.54, 1.807) is 22.3 Å². The van der Waals surface area contributed by atoms with Gasteiger partial charge in [0.15, 0.2) is 0 Å². The quantitative estimate of drug-likeness (QED) is 0.919. The maximum absolute atomic E-state index is 10.9. The molecule has 1 N–H and O–H groups in total. The summed E-state index contributed by atoms with van der Waals surface area (Å²) < 4.78 is 1.69. The van der Waals surface area contributed by atoms with Crippen LogP contribution in [0.1, 0.15) is 20.9 Å². The number of halogens is 1. The van der Waals surface area contributed by atoms with Crippen LogP contribution < -0.4 is 0 Å². The van der Waals surface area contributed by atoms with Gasteiger partial charge in [0.25, 0.3) is 0 Å². The minimum Gasteiger partial charge on any atom is -0.477 e. The van der Waals surface area contributed by atoms with Gasteiger partial charge in [-0.15, -0.1) is 11.3 Å². The molecule has 84 valence electrons. The molecule has 0 amide bonds. The largest absolute Gasteiger partial charge is 0.477 e. The van der Waals surface area contributed by atoms with Gasteiger partial charge in [0.2, 0.25) is 0 Å². The van der Waals surface area contributed by atoms with E-state index >= 15 is 0 Å². The van der Waals surface area contributed by atoms with E-state index in [9.17, 15) is 4.79 Å². The van der Waals surface area contributed by atoms with Crippen molar-refractivity contribution in [1.82, 2.24) is 9.78 Å². The maximum atomic E-state index is 10.9. The van der Waals surface area contributed by atoms with Crippen LogP contribution >= 0.6 is 22.9 Å². The molecule has 0 saturated carbocycles. The molecule has 2 aromatic heterocycles. The summed E-state index contributed by atoms with van der Waals surface area (Å²) in [6.45, 7) is 2.28. The number of carbonyl (C=O) groups is 1. The zero-order valence-electron chi connectivity index (χ0n) is 8.48. The second-order valence-electron chi connectivity index (χ2n) is 3.32. The van der Waals surface area contributed by atoms with Gasteiger partial charge in [-0.25, -0.2) is 4.79 Å². The van der Waals surface area contributed by atoms with Gasteiger partial charge < -0.3 is 5.11 Å². The Balaban J connectivity index is 2.30. The fourth-order valence-corrected chi connectivity index (χ4v) is 2.29. The molecule has 4 nitrogen and oxygen atoms in total. The van der Waals surface area contributed by atoms with E-state index in [4.69, 9.17) is 16.7 Å². The Labute approximate surface area is 101 Å². The molecule has 2 rings (SSSR count). The van der Waals surface area contributed by atoms with Crippen molar-refractivity contribution < 1.29 is 9.90 Å². The summed E-state index contributed by atoms with van der Waals surface area (Å²) >= 11 is 7.09. The second kappa shape index (κ2) is 4.27. The number of nitrogens with zero attached hydrogens (tertiary/aromatic N) is 2. The lowest BCUT2D eigenvalue weighted by Gasteiger charge is -2.03. The topological polar surface area (TPSA) is 55.1 Å². The van der Waals surface area contributed by atoms with Gasteiger partial charge in [-0.2, -0.15) is 5.10 Å². The molecule has 2 heterocycles. The van der Waals surface area contributed by atoms with Crippen molar-refractivity contribution in [2.45, 2.75) is 13.5 Å². The van der Waals surface area contributed by atoms with Gasteiger partial charge in [-0.1, -0.05) is 11.6 Å². The van der Waals surface area contributed by atoms with Crippen LogP contribution in [0.3, 0.4) is 0 Å². The number of carboxylic acids is 1. The van der Waals surface area contributed by atoms with Crippen LogP contribution in [0.4, 0.5) is 0 Å². The third-order valence-corrected chi connectivity index (χ3v) is 3.62. The van der Waals surface area contributed by atoms with Crippen molar-refractivity contribution in [3.05, 3.63) is 38.8 Å². The summed E-state index contributed by atoms with van der Waals surface area (Å²) in [7, 11) is 0. The summed E-state index contributed by atoms with van der Waals surface area (Å²) in [5, 5.41) is 15.4. The summed E-state index contributed by atoms with van der Waals surface area (Å²) in [4.78, 5) is 11.3. The van der Waals surface area contributed by atoms with Crippen LogP contribution in [0.15, 0.2) is 17.6 Å². The Morgan fingerprint density at radius 2 is 2.44 bits per heavy atom. The summed E-state index contributed by atoms with van der Waals surface area (Å²) in [6.07, 6.45) is 1.56. The smallest absolute Gasteiger partial charge is 0.346 e. The molecular formula is C10H9ClN2O2S. The number of hydrogen-bond acceptors (Lipinski definition) is 3. The monoisotopic (exact) mass is 256 g/mol. The van der Waals surface area contributed by atoms with Crippen molar-refractivity contribution in [3.8, 4) is 0 Å². The van der Waals surface area contributed by atoms with Crippen molar-refractivity contribution in [2.75, 3.05) is 0 Å². The molecule has 0 fully saturated rings. The molecular weight excluding hydrogens is 248 g/mol. The Hall–Kier alpha value is -1.33. The standard InChI is InChI=1S/C10H9ClN2O2S/c1-6-8(11)4-12-13(6)5-7-2-3-16-9(7)10(14)15/h2-4H,5H2,1H3,(H,14,15). The van der Waals surface area contributed by atoms with Crippen molar-refractivity contribution in [2.24, 2.45) is 0 Å². The molecule has 0 aliphatic carbocycles. The lowest BCUT2D eigenvalue weighted by atomic mass is 10.2. The average molecular weight is 257 g/mol. The number of aromatic carboxylic acids is 1. The van der Waals surface area contributed by atoms with E-state index in [2.05, 4.69) is 5.10 Å². The molecule has 6 heteroatoms. The minimum atomic E-state index is -0.902. The van der Waals surface area contributed by atoms with Crippen LogP contribution in [0.2, 0.25) is 5.02 Å². The fraction of sp³-hybridized carbons (Fsp3) is 0.200. The Bertz CT molecular complexity index is 533. The van der Waals surface area contributed by atoms with Crippen LogP contribution in [0.25, 0.3) is 0 Å². The first-order chi connectivity index (χ1) is 7.59. The number of rotatable bonds is 3. The van der Waals surface area contributed by atoms with Gasteiger partial charge in [0.1, 0.15) is 4.88 Å². The molecule has 0 saturated heterocycles. The maximum Gasteiger partial charge on any atom is 0.346 e. The molecule has 0 atom stereocenters. The normalized spacial score (nSPS) is 10.6. The van der Waals surface area contributed by atoms with Crippen LogP contribution in [0.5, 0.6) is 0 Å². The second-order valence-corrected chi connectivity index (χ2v) is 4.64. The zero-order chi connectivity index (χ0) is 11.7. The highest BCUT2D eigenvalue weighted by Crippen LogP contribution is 2.20. The summed E-state index contributed by atoms with van der Waals surface area (Å²) in [5.74, 6) is -0.902. The predicted molar refractivity (Wildman–Crippen MR) is 62.4 cm³/mol. The van der Waals surface area contributed by atoms with Crippen molar-refractivity contribution in [3.63, 3.8) is 0 Å². The minimum absolute atomic E-state index is 0.353. The van der Waals surface area contributed by atoms with Gasteiger partial charge in [0, 0.05) is 0 Å². The van der Waals surface area contributed by atoms with E-state index in [-0.39, 0.29) is 0 Å². The molecule has 16 heavy (non-hydrogen) atoms. The van der Waals surface area contributed by atoms with Crippen LogP contribution in [0, 0.1) is 6.92 Å². The van der Waals surface area contributed by atoms with Crippen LogP contribution in [-0.2, 0) is 6.54 Å². The highest BCUT2D eigenvalue weighted by atomic mass is 35.5. The highest BCUT2D eigenvalue weighted by Gasteiger charge is 2.13. The first-order valence-corrected chi connectivity index (χ1v) is 5.83. The molecule has 0 aromatic carbocycles. The molecule has 0 unspecified atom stereocenters. The SMILES string of the molecule is Cc1c(Cl)cnn1Cc1ccsc1C(=O)O.